The fraction of sp³-hybridized carbons (Fsp3) is 0.571. The lowest BCUT2D eigenvalue weighted by Gasteiger charge is -2.12. The number of aromatic nitrogens is 3. The van der Waals surface area contributed by atoms with Gasteiger partial charge in [0.15, 0.2) is 0 Å². The lowest BCUT2D eigenvalue weighted by Crippen LogP contribution is -2.17. The van der Waals surface area contributed by atoms with Crippen molar-refractivity contribution in [3.8, 4) is 0 Å². The van der Waals surface area contributed by atoms with Crippen molar-refractivity contribution in [1.82, 2.24) is 14.8 Å². The Labute approximate surface area is 118 Å². The van der Waals surface area contributed by atoms with Crippen LogP contribution in [0.3, 0.4) is 0 Å². The highest BCUT2D eigenvalue weighted by Gasteiger charge is 2.14. The van der Waals surface area contributed by atoms with Gasteiger partial charge >= 0.3 is 0 Å². The van der Waals surface area contributed by atoms with Crippen LogP contribution in [0.25, 0.3) is 0 Å². The molecule has 1 atom stereocenters. The minimum absolute atomic E-state index is 0.0143. The van der Waals surface area contributed by atoms with Gasteiger partial charge in [-0.3, -0.25) is 0 Å². The van der Waals surface area contributed by atoms with Gasteiger partial charge in [0.05, 0.1) is 0 Å². The fourth-order valence-electron chi connectivity index (χ4n) is 2.03. The SMILES string of the molecule is CCc1ccc(C(N)Cc2ncnn2CC(C)C)s1. The Bertz CT molecular complexity index is 515. The summed E-state index contributed by atoms with van der Waals surface area (Å²) >= 11 is 1.80. The number of aryl methyl sites for hydroxylation is 1. The molecule has 1 unspecified atom stereocenters. The molecule has 4 nitrogen and oxygen atoms in total. The van der Waals surface area contributed by atoms with E-state index in [1.54, 1.807) is 17.7 Å². The van der Waals surface area contributed by atoms with Crippen LogP contribution in [0.4, 0.5) is 0 Å². The maximum absolute atomic E-state index is 6.28. The van der Waals surface area contributed by atoms with E-state index in [-0.39, 0.29) is 6.04 Å². The van der Waals surface area contributed by atoms with E-state index in [1.165, 1.54) is 9.75 Å². The van der Waals surface area contributed by atoms with Gasteiger partial charge in [0.25, 0.3) is 0 Å². The third-order valence-corrected chi connectivity index (χ3v) is 4.39. The van der Waals surface area contributed by atoms with E-state index in [9.17, 15) is 0 Å². The Hall–Kier alpha value is -1.20. The van der Waals surface area contributed by atoms with E-state index in [2.05, 4.69) is 43.0 Å². The molecule has 0 saturated carbocycles. The summed E-state index contributed by atoms with van der Waals surface area (Å²) < 4.78 is 1.97. The number of nitrogens with zero attached hydrogens (tertiary/aromatic N) is 3. The van der Waals surface area contributed by atoms with E-state index >= 15 is 0 Å². The zero-order valence-corrected chi connectivity index (χ0v) is 12.7. The van der Waals surface area contributed by atoms with E-state index < -0.39 is 0 Å². The van der Waals surface area contributed by atoms with Crippen LogP contribution in [0.2, 0.25) is 0 Å². The second kappa shape index (κ2) is 6.30. The van der Waals surface area contributed by atoms with Gasteiger partial charge in [0.1, 0.15) is 12.2 Å². The topological polar surface area (TPSA) is 56.7 Å². The summed E-state index contributed by atoms with van der Waals surface area (Å²) in [5, 5.41) is 4.28. The van der Waals surface area contributed by atoms with Crippen LogP contribution >= 0.6 is 11.3 Å². The van der Waals surface area contributed by atoms with Crippen LogP contribution in [0.5, 0.6) is 0 Å². The van der Waals surface area contributed by atoms with Gasteiger partial charge in [-0.15, -0.1) is 11.3 Å². The molecule has 0 fully saturated rings. The maximum atomic E-state index is 6.28. The van der Waals surface area contributed by atoms with Crippen LogP contribution in [-0.2, 0) is 19.4 Å². The molecule has 0 spiro atoms. The first-order valence-corrected chi connectivity index (χ1v) is 7.62. The van der Waals surface area contributed by atoms with Gasteiger partial charge < -0.3 is 5.73 Å². The van der Waals surface area contributed by atoms with Crippen molar-refractivity contribution in [3.63, 3.8) is 0 Å². The Morgan fingerprint density at radius 2 is 2.16 bits per heavy atom. The lowest BCUT2D eigenvalue weighted by atomic mass is 10.1. The molecule has 0 bridgehead atoms. The molecule has 2 aromatic heterocycles. The summed E-state index contributed by atoms with van der Waals surface area (Å²) in [7, 11) is 0. The summed E-state index contributed by atoms with van der Waals surface area (Å²) in [4.78, 5) is 6.95. The molecule has 5 heteroatoms. The number of hydrogen-bond acceptors (Lipinski definition) is 4. The summed E-state index contributed by atoms with van der Waals surface area (Å²) in [5.41, 5.74) is 6.28. The molecule has 2 rings (SSSR count). The standard InChI is InChI=1S/C14H22N4S/c1-4-11-5-6-13(19-11)12(15)7-14-16-9-17-18(14)8-10(2)3/h5-6,9-10,12H,4,7-8,15H2,1-3H3. The second-order valence-electron chi connectivity index (χ2n) is 5.22. The van der Waals surface area contributed by atoms with E-state index in [4.69, 9.17) is 5.73 Å². The minimum Gasteiger partial charge on any atom is -0.323 e. The number of thiophene rings is 1. The Morgan fingerprint density at radius 1 is 1.37 bits per heavy atom. The molecule has 0 saturated heterocycles. The Kier molecular flexibility index (Phi) is 4.71. The van der Waals surface area contributed by atoms with Gasteiger partial charge in [-0.2, -0.15) is 5.10 Å². The lowest BCUT2D eigenvalue weighted by molar-refractivity contribution is 0.460. The molecule has 19 heavy (non-hydrogen) atoms. The molecule has 0 aliphatic rings. The summed E-state index contributed by atoms with van der Waals surface area (Å²) in [6.45, 7) is 7.42. The smallest absolute Gasteiger partial charge is 0.138 e. The van der Waals surface area contributed by atoms with Crippen molar-refractivity contribution < 1.29 is 0 Å². The maximum Gasteiger partial charge on any atom is 0.138 e. The van der Waals surface area contributed by atoms with Crippen LogP contribution in [0.1, 0.15) is 42.4 Å². The first-order valence-electron chi connectivity index (χ1n) is 6.81. The molecule has 0 aromatic carbocycles. The minimum atomic E-state index is 0.0143. The summed E-state index contributed by atoms with van der Waals surface area (Å²) in [6, 6.07) is 4.32. The van der Waals surface area contributed by atoms with Crippen molar-refractivity contribution in [3.05, 3.63) is 34.0 Å². The molecule has 0 amide bonds. The van der Waals surface area contributed by atoms with Crippen LogP contribution < -0.4 is 5.73 Å². The first kappa shape index (κ1) is 14.2. The van der Waals surface area contributed by atoms with E-state index in [0.717, 1.165) is 25.2 Å². The predicted molar refractivity (Wildman–Crippen MR) is 79.2 cm³/mol. The van der Waals surface area contributed by atoms with Gasteiger partial charge in [-0.05, 0) is 24.5 Å². The van der Waals surface area contributed by atoms with Crippen molar-refractivity contribution in [2.75, 3.05) is 0 Å². The Balaban J connectivity index is 2.06. The molecule has 2 heterocycles. The fourth-order valence-corrected chi connectivity index (χ4v) is 2.98. The zero-order valence-electron chi connectivity index (χ0n) is 11.8. The van der Waals surface area contributed by atoms with E-state index in [1.807, 2.05) is 4.68 Å². The van der Waals surface area contributed by atoms with Crippen LogP contribution in [0, 0.1) is 5.92 Å². The van der Waals surface area contributed by atoms with E-state index in [0.29, 0.717) is 5.92 Å². The highest BCUT2D eigenvalue weighted by atomic mass is 32.1. The van der Waals surface area contributed by atoms with Crippen molar-refractivity contribution >= 4 is 11.3 Å². The summed E-state index contributed by atoms with van der Waals surface area (Å²) in [6.07, 6.45) is 3.44. The molecular weight excluding hydrogens is 256 g/mol. The third kappa shape index (κ3) is 3.64. The average molecular weight is 278 g/mol. The quantitative estimate of drug-likeness (QED) is 0.884. The Morgan fingerprint density at radius 3 is 2.79 bits per heavy atom. The van der Waals surface area contributed by atoms with Gasteiger partial charge in [0, 0.05) is 28.8 Å². The largest absolute Gasteiger partial charge is 0.323 e. The molecule has 2 aromatic rings. The van der Waals surface area contributed by atoms with Crippen LogP contribution in [0.15, 0.2) is 18.5 Å². The number of rotatable bonds is 6. The number of nitrogens with two attached hydrogens (primary N) is 1. The molecular formula is C14H22N4S. The molecule has 0 radical (unpaired) electrons. The second-order valence-corrected chi connectivity index (χ2v) is 6.42. The first-order chi connectivity index (χ1) is 9.10. The van der Waals surface area contributed by atoms with Crippen molar-refractivity contribution in [1.29, 1.82) is 0 Å². The van der Waals surface area contributed by atoms with Gasteiger partial charge in [0.2, 0.25) is 0 Å². The predicted octanol–water partition coefficient (Wildman–Crippen LogP) is 2.80. The van der Waals surface area contributed by atoms with Crippen molar-refractivity contribution in [2.24, 2.45) is 11.7 Å². The normalized spacial score (nSPS) is 13.1. The van der Waals surface area contributed by atoms with Crippen molar-refractivity contribution in [2.45, 2.75) is 46.2 Å². The highest BCUT2D eigenvalue weighted by molar-refractivity contribution is 7.12. The van der Waals surface area contributed by atoms with Crippen LogP contribution in [-0.4, -0.2) is 14.8 Å². The monoisotopic (exact) mass is 278 g/mol. The highest BCUT2D eigenvalue weighted by Crippen LogP contribution is 2.24. The zero-order chi connectivity index (χ0) is 13.8. The number of hydrogen-bond donors (Lipinski definition) is 1. The molecule has 104 valence electrons. The summed E-state index contributed by atoms with van der Waals surface area (Å²) in [5.74, 6) is 1.54. The average Bonchev–Trinajstić information content (AvgIpc) is 2.98. The van der Waals surface area contributed by atoms with Gasteiger partial charge in [-0.1, -0.05) is 20.8 Å². The van der Waals surface area contributed by atoms with Gasteiger partial charge in [-0.25, -0.2) is 9.67 Å². The third-order valence-electron chi connectivity index (χ3n) is 3.03. The molecule has 0 aliphatic carbocycles. The molecule has 0 aliphatic heterocycles. The molecule has 2 N–H and O–H groups in total.